The van der Waals surface area contributed by atoms with Gasteiger partial charge in [0.15, 0.2) is 17.4 Å². The molecule has 3 nitrogen and oxygen atoms in total. The summed E-state index contributed by atoms with van der Waals surface area (Å²) in [7, 11) is 1.38. The molecule has 1 aromatic heterocycles. The van der Waals surface area contributed by atoms with Gasteiger partial charge in [0.2, 0.25) is 0 Å². The average molecular weight is 307 g/mol. The van der Waals surface area contributed by atoms with Crippen LogP contribution >= 0.6 is 11.6 Å². The van der Waals surface area contributed by atoms with Crippen LogP contribution in [0.5, 0.6) is 5.75 Å². The third-order valence-electron chi connectivity index (χ3n) is 3.04. The molecule has 0 aliphatic heterocycles. The van der Waals surface area contributed by atoms with Crippen LogP contribution in [-0.2, 0) is 0 Å². The van der Waals surface area contributed by atoms with Crippen molar-refractivity contribution in [3.63, 3.8) is 0 Å². The maximum absolute atomic E-state index is 13.7. The van der Waals surface area contributed by atoms with E-state index in [0.717, 1.165) is 0 Å². The summed E-state index contributed by atoms with van der Waals surface area (Å²) in [5, 5.41) is 0.140. The van der Waals surface area contributed by atoms with Crippen molar-refractivity contribution in [1.29, 1.82) is 0 Å². The van der Waals surface area contributed by atoms with Crippen LogP contribution in [0.3, 0.4) is 0 Å². The van der Waals surface area contributed by atoms with Crippen molar-refractivity contribution >= 4 is 22.5 Å². The first-order valence-electron chi connectivity index (χ1n) is 6.06. The fourth-order valence-electron chi connectivity index (χ4n) is 2.03. The van der Waals surface area contributed by atoms with Crippen LogP contribution in [0.1, 0.15) is 0 Å². The largest absolute Gasteiger partial charge is 0.494 e. The highest BCUT2D eigenvalue weighted by Gasteiger charge is 2.13. The molecule has 0 saturated heterocycles. The van der Waals surface area contributed by atoms with Gasteiger partial charge < -0.3 is 4.74 Å². The van der Waals surface area contributed by atoms with E-state index >= 15 is 0 Å². The van der Waals surface area contributed by atoms with Gasteiger partial charge in [-0.2, -0.15) is 0 Å². The van der Waals surface area contributed by atoms with E-state index in [2.05, 4.69) is 9.97 Å². The molecule has 0 unspecified atom stereocenters. The van der Waals surface area contributed by atoms with Crippen LogP contribution < -0.4 is 4.74 Å². The molecule has 1 heterocycles. The Morgan fingerprint density at radius 1 is 1.05 bits per heavy atom. The summed E-state index contributed by atoms with van der Waals surface area (Å²) < 4.78 is 32.3. The molecule has 0 atom stereocenters. The maximum atomic E-state index is 13.7. The van der Waals surface area contributed by atoms with E-state index in [0.29, 0.717) is 11.1 Å². The zero-order chi connectivity index (χ0) is 15.0. The van der Waals surface area contributed by atoms with Crippen molar-refractivity contribution in [3.05, 3.63) is 53.2 Å². The fraction of sp³-hybridized carbons (Fsp3) is 0.0667. The minimum Gasteiger partial charge on any atom is -0.494 e. The Kier molecular flexibility index (Phi) is 3.43. The van der Waals surface area contributed by atoms with Crippen molar-refractivity contribution < 1.29 is 13.5 Å². The molecule has 0 saturated carbocycles. The van der Waals surface area contributed by atoms with E-state index < -0.39 is 11.6 Å². The highest BCUT2D eigenvalue weighted by molar-refractivity contribution is 6.34. The first kappa shape index (κ1) is 13.7. The quantitative estimate of drug-likeness (QED) is 0.664. The Bertz CT molecular complexity index is 839. The molecule has 2 aromatic carbocycles. The van der Waals surface area contributed by atoms with E-state index in [1.807, 2.05) is 0 Å². The molecule has 0 aliphatic rings. The molecule has 0 bridgehead atoms. The number of benzene rings is 2. The van der Waals surface area contributed by atoms with Crippen molar-refractivity contribution in [1.82, 2.24) is 9.97 Å². The molecule has 0 amide bonds. The average Bonchev–Trinajstić information content (AvgIpc) is 2.46. The highest BCUT2D eigenvalue weighted by atomic mass is 35.5. The molecule has 0 fully saturated rings. The van der Waals surface area contributed by atoms with Crippen molar-refractivity contribution in [3.8, 4) is 17.1 Å². The Balaban J connectivity index is 2.19. The summed E-state index contributed by atoms with van der Waals surface area (Å²) in [4.78, 5) is 8.26. The molecule has 0 spiro atoms. The number of aromatic nitrogens is 2. The highest BCUT2D eigenvalue weighted by Crippen LogP contribution is 2.28. The summed E-state index contributed by atoms with van der Waals surface area (Å²) in [5.41, 5.74) is 0.794. The molecule has 106 valence electrons. The molecule has 0 N–H and O–H groups in total. The summed E-state index contributed by atoms with van der Waals surface area (Å²) in [5.74, 6) is -0.685. The second-order valence-electron chi connectivity index (χ2n) is 4.32. The zero-order valence-electron chi connectivity index (χ0n) is 10.9. The number of fused-ring (bicyclic) bond motifs is 1. The van der Waals surface area contributed by atoms with Crippen molar-refractivity contribution in [2.75, 3.05) is 7.11 Å². The van der Waals surface area contributed by atoms with E-state index in [1.54, 1.807) is 12.1 Å². The first-order valence-corrected chi connectivity index (χ1v) is 6.43. The molecule has 21 heavy (non-hydrogen) atoms. The van der Waals surface area contributed by atoms with Gasteiger partial charge in [-0.1, -0.05) is 17.7 Å². The molecular weight excluding hydrogens is 298 g/mol. The SMILES string of the molecule is COc1ccc(-c2nc(Cl)c3c(F)cccc3n2)cc1F. The molecular formula is C15H9ClF2N2O. The smallest absolute Gasteiger partial charge is 0.165 e. The van der Waals surface area contributed by atoms with Gasteiger partial charge in [0.05, 0.1) is 18.0 Å². The number of rotatable bonds is 2. The second-order valence-corrected chi connectivity index (χ2v) is 4.68. The van der Waals surface area contributed by atoms with E-state index in [-0.39, 0.29) is 22.1 Å². The number of hydrogen-bond acceptors (Lipinski definition) is 3. The van der Waals surface area contributed by atoms with Gasteiger partial charge >= 0.3 is 0 Å². The van der Waals surface area contributed by atoms with Crippen LogP contribution in [0.4, 0.5) is 8.78 Å². The Hall–Kier alpha value is -2.27. The monoisotopic (exact) mass is 306 g/mol. The lowest BCUT2D eigenvalue weighted by molar-refractivity contribution is 0.386. The zero-order valence-corrected chi connectivity index (χ0v) is 11.7. The molecule has 3 rings (SSSR count). The van der Waals surface area contributed by atoms with Gasteiger partial charge in [-0.15, -0.1) is 0 Å². The first-order chi connectivity index (χ1) is 10.1. The predicted molar refractivity (Wildman–Crippen MR) is 76.5 cm³/mol. The summed E-state index contributed by atoms with van der Waals surface area (Å²) in [6.45, 7) is 0. The van der Waals surface area contributed by atoms with Crippen LogP contribution in [0.2, 0.25) is 5.15 Å². The van der Waals surface area contributed by atoms with Crippen LogP contribution in [0.25, 0.3) is 22.3 Å². The van der Waals surface area contributed by atoms with Crippen LogP contribution in [0, 0.1) is 11.6 Å². The van der Waals surface area contributed by atoms with Gasteiger partial charge in [0, 0.05) is 5.56 Å². The number of nitrogens with zero attached hydrogens (tertiary/aromatic N) is 2. The fourth-order valence-corrected chi connectivity index (χ4v) is 2.30. The Morgan fingerprint density at radius 2 is 1.86 bits per heavy atom. The number of ether oxygens (including phenoxy) is 1. The van der Waals surface area contributed by atoms with Crippen molar-refractivity contribution in [2.24, 2.45) is 0 Å². The molecule has 0 aliphatic carbocycles. The predicted octanol–water partition coefficient (Wildman–Crippen LogP) is 4.24. The van der Waals surface area contributed by atoms with Gasteiger partial charge in [0.1, 0.15) is 11.0 Å². The lowest BCUT2D eigenvalue weighted by Crippen LogP contribution is -1.95. The Labute approximate surface area is 124 Å². The topological polar surface area (TPSA) is 35.0 Å². The summed E-state index contributed by atoms with van der Waals surface area (Å²) in [6.07, 6.45) is 0. The summed E-state index contributed by atoms with van der Waals surface area (Å²) >= 11 is 6.01. The Morgan fingerprint density at radius 3 is 2.57 bits per heavy atom. The van der Waals surface area contributed by atoms with E-state index in [4.69, 9.17) is 16.3 Å². The molecule has 0 radical (unpaired) electrons. The minimum atomic E-state index is -0.533. The van der Waals surface area contributed by atoms with Crippen LogP contribution in [0.15, 0.2) is 36.4 Å². The second kappa shape index (κ2) is 5.26. The summed E-state index contributed by atoms with van der Waals surface area (Å²) in [6, 6.07) is 8.76. The normalized spacial score (nSPS) is 10.9. The lowest BCUT2D eigenvalue weighted by atomic mass is 10.1. The number of methoxy groups -OCH3 is 1. The van der Waals surface area contributed by atoms with Crippen LogP contribution in [-0.4, -0.2) is 17.1 Å². The number of hydrogen-bond donors (Lipinski definition) is 0. The van der Waals surface area contributed by atoms with E-state index in [9.17, 15) is 8.78 Å². The van der Waals surface area contributed by atoms with Gasteiger partial charge in [0.25, 0.3) is 0 Å². The van der Waals surface area contributed by atoms with Gasteiger partial charge in [-0.05, 0) is 30.3 Å². The minimum absolute atomic E-state index is 0.00988. The standard InChI is InChI=1S/C15H9ClF2N2O/c1-21-12-6-5-8(7-10(12)18)15-19-11-4-2-3-9(17)13(11)14(16)20-15/h2-7H,1H3. The van der Waals surface area contributed by atoms with E-state index in [1.165, 1.54) is 31.4 Å². The number of halogens is 3. The van der Waals surface area contributed by atoms with Crippen molar-refractivity contribution in [2.45, 2.75) is 0 Å². The van der Waals surface area contributed by atoms with Gasteiger partial charge in [-0.25, -0.2) is 18.7 Å². The molecule has 3 aromatic rings. The maximum Gasteiger partial charge on any atom is 0.165 e. The lowest BCUT2D eigenvalue weighted by Gasteiger charge is -2.07. The van der Waals surface area contributed by atoms with Gasteiger partial charge in [-0.3, -0.25) is 0 Å². The third kappa shape index (κ3) is 2.40. The third-order valence-corrected chi connectivity index (χ3v) is 3.31. The molecule has 6 heteroatoms.